The van der Waals surface area contributed by atoms with Crippen LogP contribution in [-0.4, -0.2) is 11.1 Å². The first-order chi connectivity index (χ1) is 7.09. The molecule has 2 aromatic carbocycles. The lowest BCUT2D eigenvalue weighted by molar-refractivity contribution is 0.0699. The van der Waals surface area contributed by atoms with Crippen LogP contribution in [0.4, 0.5) is 0 Å². The number of hydrogen-bond acceptors (Lipinski definition) is 1. The van der Waals surface area contributed by atoms with E-state index in [2.05, 4.69) is 0 Å². The third-order valence-corrected chi connectivity index (χ3v) is 2.60. The smallest absolute Gasteiger partial charge is 0.336 e. The molecule has 3 heteroatoms. The molecule has 0 aromatic heterocycles. The van der Waals surface area contributed by atoms with Crippen LogP contribution in [0.15, 0.2) is 30.3 Å². The van der Waals surface area contributed by atoms with Crippen molar-refractivity contribution in [1.82, 2.24) is 0 Å². The number of carboxylic acid groups (broad SMARTS) is 1. The highest BCUT2D eigenvalue weighted by atomic mass is 35.5. The van der Waals surface area contributed by atoms with Gasteiger partial charge in [-0.3, -0.25) is 0 Å². The largest absolute Gasteiger partial charge is 0.478 e. The molecule has 0 atom stereocenters. The van der Waals surface area contributed by atoms with Crippen LogP contribution in [0.1, 0.15) is 15.9 Å². The SMILES string of the molecule is Cc1cccc2cc(Cl)cc(C(=O)O)c12. The van der Waals surface area contributed by atoms with E-state index in [4.69, 9.17) is 16.7 Å². The van der Waals surface area contributed by atoms with Gasteiger partial charge >= 0.3 is 5.97 Å². The van der Waals surface area contributed by atoms with Gasteiger partial charge in [-0.25, -0.2) is 4.79 Å². The van der Waals surface area contributed by atoms with E-state index in [0.29, 0.717) is 5.02 Å². The fraction of sp³-hybridized carbons (Fsp3) is 0.0833. The van der Waals surface area contributed by atoms with Crippen LogP contribution < -0.4 is 0 Å². The molecule has 0 spiro atoms. The number of carbonyl (C=O) groups is 1. The minimum Gasteiger partial charge on any atom is -0.478 e. The van der Waals surface area contributed by atoms with Crippen molar-refractivity contribution in [3.05, 3.63) is 46.5 Å². The van der Waals surface area contributed by atoms with Gasteiger partial charge < -0.3 is 5.11 Å². The quantitative estimate of drug-likeness (QED) is 0.799. The molecule has 0 amide bonds. The second kappa shape index (κ2) is 3.55. The molecular weight excluding hydrogens is 212 g/mol. The van der Waals surface area contributed by atoms with Crippen molar-refractivity contribution in [3.8, 4) is 0 Å². The average molecular weight is 221 g/mol. The molecule has 0 aliphatic heterocycles. The minimum absolute atomic E-state index is 0.260. The van der Waals surface area contributed by atoms with Crippen molar-refractivity contribution >= 4 is 28.3 Å². The normalized spacial score (nSPS) is 10.5. The van der Waals surface area contributed by atoms with E-state index in [1.165, 1.54) is 6.07 Å². The van der Waals surface area contributed by atoms with Gasteiger partial charge in [0.05, 0.1) is 5.56 Å². The summed E-state index contributed by atoms with van der Waals surface area (Å²) in [7, 11) is 0. The van der Waals surface area contributed by atoms with E-state index in [1.54, 1.807) is 6.07 Å². The molecule has 0 saturated carbocycles. The highest BCUT2D eigenvalue weighted by molar-refractivity contribution is 6.32. The molecule has 2 rings (SSSR count). The number of aryl methyl sites for hydroxylation is 1. The summed E-state index contributed by atoms with van der Waals surface area (Å²) >= 11 is 5.86. The highest BCUT2D eigenvalue weighted by Crippen LogP contribution is 2.26. The van der Waals surface area contributed by atoms with Crippen molar-refractivity contribution in [3.63, 3.8) is 0 Å². The first-order valence-electron chi connectivity index (χ1n) is 4.52. The van der Waals surface area contributed by atoms with Gasteiger partial charge in [-0.15, -0.1) is 0 Å². The summed E-state index contributed by atoms with van der Waals surface area (Å²) in [5.41, 5.74) is 1.21. The Bertz CT molecular complexity index is 547. The fourth-order valence-electron chi connectivity index (χ4n) is 1.75. The van der Waals surface area contributed by atoms with E-state index < -0.39 is 5.97 Å². The number of carboxylic acids is 1. The maximum atomic E-state index is 11.1. The van der Waals surface area contributed by atoms with Crippen molar-refractivity contribution < 1.29 is 9.90 Å². The van der Waals surface area contributed by atoms with Crippen molar-refractivity contribution in [1.29, 1.82) is 0 Å². The summed E-state index contributed by atoms with van der Waals surface area (Å²) in [6.07, 6.45) is 0. The van der Waals surface area contributed by atoms with Gasteiger partial charge in [-0.2, -0.15) is 0 Å². The first kappa shape index (κ1) is 9.99. The zero-order valence-corrected chi connectivity index (χ0v) is 8.88. The Morgan fingerprint density at radius 2 is 2.07 bits per heavy atom. The zero-order chi connectivity index (χ0) is 11.0. The number of aromatic carboxylic acids is 1. The Morgan fingerprint density at radius 1 is 1.33 bits per heavy atom. The molecule has 0 saturated heterocycles. The second-order valence-corrected chi connectivity index (χ2v) is 3.87. The van der Waals surface area contributed by atoms with E-state index in [-0.39, 0.29) is 5.56 Å². The average Bonchev–Trinajstić information content (AvgIpc) is 2.16. The van der Waals surface area contributed by atoms with Gasteiger partial charge in [0.1, 0.15) is 0 Å². The standard InChI is InChI=1S/C12H9ClO2/c1-7-3-2-4-8-5-9(13)6-10(11(7)8)12(14)15/h2-6H,1H3,(H,14,15). The third-order valence-electron chi connectivity index (χ3n) is 2.38. The molecule has 76 valence electrons. The summed E-state index contributed by atoms with van der Waals surface area (Å²) < 4.78 is 0. The van der Waals surface area contributed by atoms with Gasteiger partial charge in [-0.1, -0.05) is 29.8 Å². The topological polar surface area (TPSA) is 37.3 Å². The number of rotatable bonds is 1. The first-order valence-corrected chi connectivity index (χ1v) is 4.89. The van der Waals surface area contributed by atoms with Crippen LogP contribution in [-0.2, 0) is 0 Å². The van der Waals surface area contributed by atoms with E-state index in [0.717, 1.165) is 16.3 Å². The molecule has 0 aliphatic rings. The predicted molar refractivity (Wildman–Crippen MR) is 60.7 cm³/mol. The molecule has 2 aromatic rings. The van der Waals surface area contributed by atoms with Gasteiger partial charge in [0.25, 0.3) is 0 Å². The van der Waals surface area contributed by atoms with Gasteiger partial charge in [0, 0.05) is 5.02 Å². The van der Waals surface area contributed by atoms with Gasteiger partial charge in [0.2, 0.25) is 0 Å². The Labute approximate surface area is 92.1 Å². The lowest BCUT2D eigenvalue weighted by Gasteiger charge is -2.06. The van der Waals surface area contributed by atoms with Crippen LogP contribution in [0.25, 0.3) is 10.8 Å². The Kier molecular flexibility index (Phi) is 2.37. The predicted octanol–water partition coefficient (Wildman–Crippen LogP) is 3.50. The van der Waals surface area contributed by atoms with Crippen LogP contribution >= 0.6 is 11.6 Å². The molecule has 0 radical (unpaired) electrons. The minimum atomic E-state index is -0.947. The molecule has 1 N–H and O–H groups in total. The van der Waals surface area contributed by atoms with Gasteiger partial charge in [0.15, 0.2) is 0 Å². The van der Waals surface area contributed by atoms with Crippen molar-refractivity contribution in [2.24, 2.45) is 0 Å². The summed E-state index contributed by atoms with van der Waals surface area (Å²) in [5, 5.41) is 11.1. The monoisotopic (exact) mass is 220 g/mol. The number of hydrogen-bond donors (Lipinski definition) is 1. The molecule has 0 heterocycles. The summed E-state index contributed by atoms with van der Waals surface area (Å²) in [6, 6.07) is 8.90. The van der Waals surface area contributed by atoms with Crippen molar-refractivity contribution in [2.75, 3.05) is 0 Å². The lowest BCUT2D eigenvalue weighted by Crippen LogP contribution is -1.98. The Hall–Kier alpha value is -1.54. The fourth-order valence-corrected chi connectivity index (χ4v) is 1.97. The Morgan fingerprint density at radius 3 is 2.73 bits per heavy atom. The molecule has 15 heavy (non-hydrogen) atoms. The molecule has 2 nitrogen and oxygen atoms in total. The van der Waals surface area contributed by atoms with Crippen LogP contribution in [0.5, 0.6) is 0 Å². The molecule has 0 unspecified atom stereocenters. The van der Waals surface area contributed by atoms with Gasteiger partial charge in [-0.05, 0) is 35.4 Å². The number of fused-ring (bicyclic) bond motifs is 1. The van der Waals surface area contributed by atoms with Crippen LogP contribution in [0, 0.1) is 6.92 Å². The number of halogens is 1. The van der Waals surface area contributed by atoms with Crippen LogP contribution in [0.3, 0.4) is 0 Å². The maximum Gasteiger partial charge on any atom is 0.336 e. The number of benzene rings is 2. The Balaban J connectivity index is 2.94. The van der Waals surface area contributed by atoms with E-state index >= 15 is 0 Å². The summed E-state index contributed by atoms with van der Waals surface area (Å²) in [5.74, 6) is -0.947. The van der Waals surface area contributed by atoms with Crippen LogP contribution in [0.2, 0.25) is 5.02 Å². The lowest BCUT2D eigenvalue weighted by atomic mass is 10.0. The third kappa shape index (κ3) is 1.68. The van der Waals surface area contributed by atoms with E-state index in [9.17, 15) is 4.79 Å². The molecular formula is C12H9ClO2. The van der Waals surface area contributed by atoms with E-state index in [1.807, 2.05) is 25.1 Å². The maximum absolute atomic E-state index is 11.1. The molecule has 0 aliphatic carbocycles. The molecule has 0 fully saturated rings. The van der Waals surface area contributed by atoms with Crippen molar-refractivity contribution in [2.45, 2.75) is 6.92 Å². The zero-order valence-electron chi connectivity index (χ0n) is 8.12. The summed E-state index contributed by atoms with van der Waals surface area (Å²) in [4.78, 5) is 11.1. The second-order valence-electron chi connectivity index (χ2n) is 3.43. The molecule has 0 bridgehead atoms. The highest BCUT2D eigenvalue weighted by Gasteiger charge is 2.11. The summed E-state index contributed by atoms with van der Waals surface area (Å²) in [6.45, 7) is 1.89.